The first-order chi connectivity index (χ1) is 10.7. The third-order valence-corrected chi connectivity index (χ3v) is 3.31. The summed E-state index contributed by atoms with van der Waals surface area (Å²) in [7, 11) is 0. The molecule has 0 aliphatic heterocycles. The molecular weight excluding hydrogens is 294 g/mol. The molecule has 1 amide bonds. The molecule has 0 atom stereocenters. The Kier molecular flexibility index (Phi) is 6.49. The van der Waals surface area contributed by atoms with E-state index in [-0.39, 0.29) is 18.4 Å². The highest BCUT2D eigenvalue weighted by Gasteiger charge is 2.23. The first-order valence-electron chi connectivity index (χ1n) is 7.78. The molecule has 5 nitrogen and oxygen atoms in total. The molecule has 0 aliphatic rings. The minimum absolute atomic E-state index is 0.00380. The van der Waals surface area contributed by atoms with E-state index >= 15 is 0 Å². The molecule has 1 aromatic rings. The van der Waals surface area contributed by atoms with Crippen LogP contribution < -0.4 is 5.32 Å². The van der Waals surface area contributed by atoms with Gasteiger partial charge in [0.1, 0.15) is 0 Å². The van der Waals surface area contributed by atoms with Crippen LogP contribution in [0.1, 0.15) is 50.5 Å². The number of carbonyl (C=O) groups is 3. The minimum Gasteiger partial charge on any atom is -0.460 e. The molecule has 0 aliphatic carbocycles. The zero-order valence-corrected chi connectivity index (χ0v) is 14.4. The van der Waals surface area contributed by atoms with Crippen molar-refractivity contribution < 1.29 is 19.1 Å². The highest BCUT2D eigenvalue weighted by atomic mass is 16.5. The van der Waals surface area contributed by atoms with Gasteiger partial charge in [-0.25, -0.2) is 4.79 Å². The van der Waals surface area contributed by atoms with E-state index in [0.717, 1.165) is 5.56 Å². The van der Waals surface area contributed by atoms with Gasteiger partial charge in [0, 0.05) is 17.0 Å². The Bertz CT molecular complexity index is 573. The van der Waals surface area contributed by atoms with Crippen molar-refractivity contribution in [1.82, 2.24) is 5.32 Å². The third-order valence-electron chi connectivity index (χ3n) is 3.31. The van der Waals surface area contributed by atoms with E-state index in [0.29, 0.717) is 12.0 Å². The minimum atomic E-state index is -0.843. The maximum Gasteiger partial charge on any atom is 0.379 e. The SMILES string of the molecule is CCOC(=O)C(=O)c1ccc(CC(C)(C)NC(=O)C(C)C)cc1. The molecule has 0 aromatic heterocycles. The number of nitrogens with one attached hydrogen (secondary N) is 1. The van der Waals surface area contributed by atoms with Crippen molar-refractivity contribution in [2.75, 3.05) is 6.61 Å². The van der Waals surface area contributed by atoms with Gasteiger partial charge in [-0.15, -0.1) is 0 Å². The molecule has 1 rings (SSSR count). The third kappa shape index (κ3) is 5.85. The van der Waals surface area contributed by atoms with Gasteiger partial charge in [0.25, 0.3) is 5.78 Å². The maximum atomic E-state index is 11.8. The number of ketones is 1. The summed E-state index contributed by atoms with van der Waals surface area (Å²) in [6.45, 7) is 9.42. The van der Waals surface area contributed by atoms with Crippen LogP contribution in [0, 0.1) is 5.92 Å². The second kappa shape index (κ2) is 7.90. The number of carbonyl (C=O) groups excluding carboxylic acids is 3. The topological polar surface area (TPSA) is 72.5 Å². The Hall–Kier alpha value is -2.17. The molecular formula is C18H25NO4. The van der Waals surface area contributed by atoms with Gasteiger partial charge in [0.05, 0.1) is 6.61 Å². The van der Waals surface area contributed by atoms with E-state index in [2.05, 4.69) is 5.32 Å². The summed E-state index contributed by atoms with van der Waals surface area (Å²) in [5, 5.41) is 3.00. The molecule has 5 heteroatoms. The van der Waals surface area contributed by atoms with Crippen molar-refractivity contribution in [2.45, 2.75) is 46.6 Å². The quantitative estimate of drug-likeness (QED) is 0.476. The average molecular weight is 319 g/mol. The smallest absolute Gasteiger partial charge is 0.379 e. The normalized spacial score (nSPS) is 11.2. The molecule has 0 spiro atoms. The second-order valence-corrected chi connectivity index (χ2v) is 6.45. The molecule has 0 fully saturated rings. The molecule has 0 bridgehead atoms. The Morgan fingerprint density at radius 1 is 1.13 bits per heavy atom. The predicted molar refractivity (Wildman–Crippen MR) is 88.2 cm³/mol. The Morgan fingerprint density at radius 2 is 1.70 bits per heavy atom. The van der Waals surface area contributed by atoms with Crippen molar-refractivity contribution in [1.29, 1.82) is 0 Å². The monoisotopic (exact) mass is 319 g/mol. The first kappa shape index (κ1) is 18.9. The zero-order chi connectivity index (χ0) is 17.6. The molecule has 0 heterocycles. The van der Waals surface area contributed by atoms with Crippen LogP contribution in [-0.4, -0.2) is 29.8 Å². The lowest BCUT2D eigenvalue weighted by Crippen LogP contribution is -2.46. The van der Waals surface area contributed by atoms with Crippen molar-refractivity contribution in [3.8, 4) is 0 Å². The van der Waals surface area contributed by atoms with E-state index < -0.39 is 17.3 Å². The fourth-order valence-electron chi connectivity index (χ4n) is 2.12. The van der Waals surface area contributed by atoms with Crippen molar-refractivity contribution >= 4 is 17.7 Å². The van der Waals surface area contributed by atoms with E-state index in [1.54, 1.807) is 31.2 Å². The molecule has 0 saturated heterocycles. The highest BCUT2D eigenvalue weighted by molar-refractivity contribution is 6.40. The van der Waals surface area contributed by atoms with Crippen LogP contribution in [0.2, 0.25) is 0 Å². The lowest BCUT2D eigenvalue weighted by molar-refractivity contribution is -0.137. The first-order valence-corrected chi connectivity index (χ1v) is 7.78. The fourth-order valence-corrected chi connectivity index (χ4v) is 2.12. The van der Waals surface area contributed by atoms with Crippen molar-refractivity contribution in [3.63, 3.8) is 0 Å². The number of amides is 1. The number of hydrogen-bond donors (Lipinski definition) is 1. The molecule has 0 saturated carbocycles. The second-order valence-electron chi connectivity index (χ2n) is 6.45. The highest BCUT2D eigenvalue weighted by Crippen LogP contribution is 2.15. The molecule has 23 heavy (non-hydrogen) atoms. The van der Waals surface area contributed by atoms with E-state index in [4.69, 9.17) is 4.74 Å². The predicted octanol–water partition coefficient (Wildman–Crippen LogP) is 2.53. The van der Waals surface area contributed by atoms with Crippen molar-refractivity contribution in [2.24, 2.45) is 5.92 Å². The maximum absolute atomic E-state index is 11.8. The van der Waals surface area contributed by atoms with Crippen LogP contribution in [-0.2, 0) is 20.7 Å². The van der Waals surface area contributed by atoms with Gasteiger partial charge in [0.2, 0.25) is 5.91 Å². The summed E-state index contributed by atoms with van der Waals surface area (Å²) >= 11 is 0. The van der Waals surface area contributed by atoms with Crippen LogP contribution in [0.4, 0.5) is 0 Å². The Morgan fingerprint density at radius 3 is 2.17 bits per heavy atom. The molecule has 0 radical (unpaired) electrons. The molecule has 0 unspecified atom stereocenters. The number of Topliss-reactive ketones (excluding diaryl/α,β-unsaturated/α-hetero) is 1. The van der Waals surface area contributed by atoms with Crippen LogP contribution in [0.15, 0.2) is 24.3 Å². The number of ether oxygens (including phenoxy) is 1. The molecule has 1 N–H and O–H groups in total. The fraction of sp³-hybridized carbons (Fsp3) is 0.500. The Balaban J connectivity index is 2.75. The molecule has 126 valence electrons. The number of benzene rings is 1. The largest absolute Gasteiger partial charge is 0.460 e. The van der Waals surface area contributed by atoms with Crippen molar-refractivity contribution in [3.05, 3.63) is 35.4 Å². The Labute approximate surface area is 137 Å². The summed E-state index contributed by atoms with van der Waals surface area (Å²) in [6.07, 6.45) is 0.624. The van der Waals surface area contributed by atoms with Crippen LogP contribution in [0.3, 0.4) is 0 Å². The number of esters is 1. The van der Waals surface area contributed by atoms with E-state index in [9.17, 15) is 14.4 Å². The zero-order valence-electron chi connectivity index (χ0n) is 14.4. The summed E-state index contributed by atoms with van der Waals surface area (Å²) in [5.74, 6) is -1.56. The standard InChI is InChI=1S/C18H25NO4/c1-6-23-17(22)15(20)14-9-7-13(8-10-14)11-18(4,5)19-16(21)12(2)3/h7-10,12H,6,11H2,1-5H3,(H,19,21). The van der Waals surface area contributed by atoms with E-state index in [1.807, 2.05) is 27.7 Å². The van der Waals surface area contributed by atoms with Crippen LogP contribution in [0.25, 0.3) is 0 Å². The van der Waals surface area contributed by atoms with Gasteiger partial charge >= 0.3 is 5.97 Å². The van der Waals surface area contributed by atoms with Gasteiger partial charge in [0.15, 0.2) is 0 Å². The summed E-state index contributed by atoms with van der Waals surface area (Å²) in [4.78, 5) is 35.1. The van der Waals surface area contributed by atoms with Gasteiger partial charge in [-0.05, 0) is 32.8 Å². The number of rotatable bonds is 7. The van der Waals surface area contributed by atoms with E-state index in [1.165, 1.54) is 0 Å². The van der Waals surface area contributed by atoms with Crippen LogP contribution in [0.5, 0.6) is 0 Å². The lowest BCUT2D eigenvalue weighted by Gasteiger charge is -2.27. The summed E-state index contributed by atoms with van der Waals surface area (Å²) < 4.78 is 4.70. The van der Waals surface area contributed by atoms with Gasteiger partial charge in [-0.2, -0.15) is 0 Å². The molecule has 1 aromatic carbocycles. The van der Waals surface area contributed by atoms with Gasteiger partial charge in [-0.3, -0.25) is 9.59 Å². The van der Waals surface area contributed by atoms with Gasteiger partial charge in [-0.1, -0.05) is 38.1 Å². The number of hydrogen-bond acceptors (Lipinski definition) is 4. The summed E-state index contributed by atoms with van der Waals surface area (Å²) in [5.41, 5.74) is 0.879. The van der Waals surface area contributed by atoms with Crippen LogP contribution >= 0.6 is 0 Å². The lowest BCUT2D eigenvalue weighted by atomic mass is 9.93. The van der Waals surface area contributed by atoms with Gasteiger partial charge < -0.3 is 10.1 Å². The average Bonchev–Trinajstić information content (AvgIpc) is 2.46. The summed E-state index contributed by atoms with van der Waals surface area (Å²) in [6, 6.07) is 6.79.